The topological polar surface area (TPSA) is 75.0 Å². The number of nitrogens with one attached hydrogen (secondary N) is 1. The van der Waals surface area contributed by atoms with Crippen molar-refractivity contribution in [1.29, 1.82) is 0 Å². The SMILES string of the molecule is CCNC(=NCc1cn(C)nc1C(F)(F)F)N1CCN(C(=O)C2CCCO2)CC1. The minimum Gasteiger partial charge on any atom is -0.368 e. The second kappa shape index (κ2) is 9.02. The molecule has 2 fully saturated rings. The summed E-state index contributed by atoms with van der Waals surface area (Å²) in [4.78, 5) is 20.6. The molecule has 0 aromatic carbocycles. The van der Waals surface area contributed by atoms with Gasteiger partial charge in [-0.15, -0.1) is 0 Å². The number of rotatable bonds is 4. The standard InChI is InChI=1S/C18H27F3N6O2/c1-3-22-17(23-11-13-12-25(2)24-15(13)18(19,20)21)27-8-6-26(7-9-27)16(28)14-5-4-10-29-14/h12,14H,3-11H2,1-2H3,(H,22,23). The molecule has 11 heteroatoms. The second-order valence-corrected chi connectivity index (χ2v) is 7.16. The summed E-state index contributed by atoms with van der Waals surface area (Å²) in [6.07, 6.45) is -1.85. The van der Waals surface area contributed by atoms with Crippen molar-refractivity contribution in [2.45, 2.75) is 38.6 Å². The first-order valence-corrected chi connectivity index (χ1v) is 9.83. The van der Waals surface area contributed by atoms with Gasteiger partial charge in [-0.1, -0.05) is 0 Å². The maximum Gasteiger partial charge on any atom is 0.435 e. The fourth-order valence-corrected chi connectivity index (χ4v) is 3.59. The number of nitrogens with zero attached hydrogens (tertiary/aromatic N) is 5. The molecule has 8 nitrogen and oxygen atoms in total. The van der Waals surface area contributed by atoms with Gasteiger partial charge in [-0.25, -0.2) is 4.99 Å². The Morgan fingerprint density at radius 2 is 2.00 bits per heavy atom. The number of alkyl halides is 3. The zero-order valence-electron chi connectivity index (χ0n) is 16.7. The van der Waals surface area contributed by atoms with E-state index < -0.39 is 11.9 Å². The van der Waals surface area contributed by atoms with E-state index in [1.54, 1.807) is 4.90 Å². The van der Waals surface area contributed by atoms with E-state index >= 15 is 0 Å². The molecule has 3 heterocycles. The highest BCUT2D eigenvalue weighted by Crippen LogP contribution is 2.30. The smallest absolute Gasteiger partial charge is 0.368 e. The Bertz CT molecular complexity index is 734. The van der Waals surface area contributed by atoms with E-state index in [1.807, 2.05) is 11.8 Å². The third-order valence-electron chi connectivity index (χ3n) is 5.00. The molecule has 1 amide bonds. The highest BCUT2D eigenvalue weighted by atomic mass is 19.4. The number of guanidine groups is 1. The predicted molar refractivity (Wildman–Crippen MR) is 100 cm³/mol. The number of aromatic nitrogens is 2. The maximum absolute atomic E-state index is 13.1. The summed E-state index contributed by atoms with van der Waals surface area (Å²) in [5.74, 6) is 0.558. The minimum atomic E-state index is -4.52. The largest absolute Gasteiger partial charge is 0.435 e. The van der Waals surface area contributed by atoms with Crippen LogP contribution < -0.4 is 5.32 Å². The molecule has 1 aromatic heterocycles. The number of aryl methyl sites for hydroxylation is 1. The van der Waals surface area contributed by atoms with Crippen LogP contribution in [0.2, 0.25) is 0 Å². The number of ether oxygens (including phenoxy) is 1. The molecule has 1 aromatic rings. The van der Waals surface area contributed by atoms with Crippen molar-refractivity contribution in [1.82, 2.24) is 24.9 Å². The number of carbonyl (C=O) groups excluding carboxylic acids is 1. The first-order valence-electron chi connectivity index (χ1n) is 9.83. The number of aliphatic imine (C=N–C) groups is 1. The van der Waals surface area contributed by atoms with Crippen molar-refractivity contribution in [3.63, 3.8) is 0 Å². The average Bonchev–Trinajstić information content (AvgIpc) is 3.34. The molecule has 2 aliphatic rings. The summed E-state index contributed by atoms with van der Waals surface area (Å²) in [5, 5.41) is 6.64. The maximum atomic E-state index is 13.1. The number of hydrogen-bond acceptors (Lipinski definition) is 4. The number of halogens is 3. The summed E-state index contributed by atoms with van der Waals surface area (Å²) < 4.78 is 46.0. The van der Waals surface area contributed by atoms with Gasteiger partial charge in [0.05, 0.1) is 6.54 Å². The Hall–Kier alpha value is -2.30. The van der Waals surface area contributed by atoms with Crippen LogP contribution in [-0.2, 0) is 29.3 Å². The molecule has 162 valence electrons. The van der Waals surface area contributed by atoms with Crippen molar-refractivity contribution in [3.05, 3.63) is 17.5 Å². The fourth-order valence-electron chi connectivity index (χ4n) is 3.59. The highest BCUT2D eigenvalue weighted by Gasteiger charge is 2.37. The Balaban J connectivity index is 1.64. The summed E-state index contributed by atoms with van der Waals surface area (Å²) in [5.41, 5.74) is -0.880. The van der Waals surface area contributed by atoms with Crippen LogP contribution in [0.1, 0.15) is 31.0 Å². The number of carbonyl (C=O) groups is 1. The molecule has 0 radical (unpaired) electrons. The van der Waals surface area contributed by atoms with E-state index in [0.717, 1.165) is 17.5 Å². The van der Waals surface area contributed by atoms with Crippen LogP contribution in [0.3, 0.4) is 0 Å². The van der Waals surface area contributed by atoms with Crippen LogP contribution in [0.4, 0.5) is 13.2 Å². The monoisotopic (exact) mass is 416 g/mol. The van der Waals surface area contributed by atoms with Gasteiger partial charge in [-0.3, -0.25) is 9.48 Å². The first-order chi connectivity index (χ1) is 13.8. The lowest BCUT2D eigenvalue weighted by Crippen LogP contribution is -2.55. The van der Waals surface area contributed by atoms with E-state index in [0.29, 0.717) is 45.3 Å². The van der Waals surface area contributed by atoms with Gasteiger partial charge >= 0.3 is 6.18 Å². The molecule has 2 saturated heterocycles. The van der Waals surface area contributed by atoms with Gasteiger partial charge in [0.15, 0.2) is 11.7 Å². The van der Waals surface area contributed by atoms with Crippen molar-refractivity contribution < 1.29 is 22.7 Å². The molecule has 0 spiro atoms. The molecule has 1 N–H and O–H groups in total. The van der Waals surface area contributed by atoms with Crippen LogP contribution >= 0.6 is 0 Å². The van der Waals surface area contributed by atoms with Crippen molar-refractivity contribution in [2.24, 2.45) is 12.0 Å². The lowest BCUT2D eigenvalue weighted by atomic mass is 10.2. The molecular weight excluding hydrogens is 389 g/mol. The molecular formula is C18H27F3N6O2. The van der Waals surface area contributed by atoms with Gasteiger partial charge in [0.1, 0.15) is 6.10 Å². The molecule has 0 aliphatic carbocycles. The third kappa shape index (κ3) is 5.20. The Morgan fingerprint density at radius 1 is 1.31 bits per heavy atom. The van der Waals surface area contributed by atoms with Crippen LogP contribution in [0.15, 0.2) is 11.2 Å². The quantitative estimate of drug-likeness (QED) is 0.590. The van der Waals surface area contributed by atoms with E-state index in [4.69, 9.17) is 4.74 Å². The van der Waals surface area contributed by atoms with Crippen LogP contribution in [-0.4, -0.2) is 76.9 Å². The molecule has 1 unspecified atom stereocenters. The van der Waals surface area contributed by atoms with Crippen molar-refractivity contribution in [3.8, 4) is 0 Å². The minimum absolute atomic E-state index is 0.0225. The average molecular weight is 416 g/mol. The number of piperazine rings is 1. The van der Waals surface area contributed by atoms with Crippen molar-refractivity contribution in [2.75, 3.05) is 39.3 Å². The fraction of sp³-hybridized carbons (Fsp3) is 0.722. The van der Waals surface area contributed by atoms with Gasteiger partial charge in [0.25, 0.3) is 5.91 Å². The number of amides is 1. The van der Waals surface area contributed by atoms with Crippen LogP contribution in [0.5, 0.6) is 0 Å². The Morgan fingerprint density at radius 3 is 2.59 bits per heavy atom. The van der Waals surface area contributed by atoms with Crippen LogP contribution in [0.25, 0.3) is 0 Å². The molecule has 0 saturated carbocycles. The van der Waals surface area contributed by atoms with Crippen LogP contribution in [0, 0.1) is 0 Å². The van der Waals surface area contributed by atoms with Gasteiger partial charge in [0.2, 0.25) is 0 Å². The zero-order valence-corrected chi connectivity index (χ0v) is 16.7. The lowest BCUT2D eigenvalue weighted by Gasteiger charge is -2.37. The van der Waals surface area contributed by atoms with Gasteiger partial charge in [0, 0.05) is 58.1 Å². The summed E-state index contributed by atoms with van der Waals surface area (Å²) in [6, 6.07) is 0. The Labute approximate surface area is 167 Å². The molecule has 0 bridgehead atoms. The summed E-state index contributed by atoms with van der Waals surface area (Å²) in [7, 11) is 1.46. The van der Waals surface area contributed by atoms with E-state index in [-0.39, 0.29) is 24.1 Å². The second-order valence-electron chi connectivity index (χ2n) is 7.16. The third-order valence-corrected chi connectivity index (χ3v) is 5.00. The zero-order chi connectivity index (χ0) is 21.0. The van der Waals surface area contributed by atoms with E-state index in [1.165, 1.54) is 13.2 Å². The van der Waals surface area contributed by atoms with Gasteiger partial charge < -0.3 is 19.9 Å². The molecule has 29 heavy (non-hydrogen) atoms. The Kier molecular flexibility index (Phi) is 6.66. The predicted octanol–water partition coefficient (Wildman–Crippen LogP) is 1.23. The normalized spacial score (nSPS) is 21.0. The summed E-state index contributed by atoms with van der Waals surface area (Å²) >= 11 is 0. The number of hydrogen-bond donors (Lipinski definition) is 1. The van der Waals surface area contributed by atoms with E-state index in [2.05, 4.69) is 15.4 Å². The molecule has 1 atom stereocenters. The van der Waals surface area contributed by atoms with Gasteiger partial charge in [-0.2, -0.15) is 18.3 Å². The van der Waals surface area contributed by atoms with E-state index in [9.17, 15) is 18.0 Å². The molecule has 3 rings (SSSR count). The highest BCUT2D eigenvalue weighted by molar-refractivity contribution is 5.82. The van der Waals surface area contributed by atoms with Gasteiger partial charge in [-0.05, 0) is 19.8 Å². The summed E-state index contributed by atoms with van der Waals surface area (Å²) in [6.45, 7) is 5.17. The molecule has 2 aliphatic heterocycles. The lowest BCUT2D eigenvalue weighted by molar-refractivity contribution is -0.142. The van der Waals surface area contributed by atoms with Crippen molar-refractivity contribution >= 4 is 11.9 Å². The first kappa shape index (κ1) is 21.4.